The number of carbonyl (C=O) groups excluding carboxylic acids is 1. The predicted octanol–water partition coefficient (Wildman–Crippen LogP) is 3.12. The van der Waals surface area contributed by atoms with Crippen LogP contribution in [0.15, 0.2) is 35.7 Å². The summed E-state index contributed by atoms with van der Waals surface area (Å²) in [7, 11) is -2.77. The van der Waals surface area contributed by atoms with Gasteiger partial charge in [-0.15, -0.1) is 11.3 Å². The number of nitrogens with one attached hydrogen (secondary N) is 2. The summed E-state index contributed by atoms with van der Waals surface area (Å²) in [6, 6.07) is 3.70. The van der Waals surface area contributed by atoms with Crippen LogP contribution < -0.4 is 10.0 Å². The molecular formula is C16H15F4N3O3S2. The molecule has 2 aromatic rings. The van der Waals surface area contributed by atoms with Crippen LogP contribution in [-0.4, -0.2) is 31.7 Å². The van der Waals surface area contributed by atoms with Crippen molar-refractivity contribution < 1.29 is 30.8 Å². The molecule has 12 heteroatoms. The van der Waals surface area contributed by atoms with Gasteiger partial charge in [0.15, 0.2) is 0 Å². The molecule has 1 aromatic heterocycles. The fourth-order valence-corrected chi connectivity index (χ4v) is 4.96. The van der Waals surface area contributed by atoms with E-state index in [2.05, 4.69) is 10.0 Å². The summed E-state index contributed by atoms with van der Waals surface area (Å²) in [6.45, 7) is 0. The molecule has 0 radical (unpaired) electrons. The predicted molar refractivity (Wildman–Crippen MR) is 95.3 cm³/mol. The zero-order chi connectivity index (χ0) is 20.7. The molecule has 0 saturated carbocycles. The van der Waals surface area contributed by atoms with Crippen LogP contribution in [0.5, 0.6) is 0 Å². The van der Waals surface area contributed by atoms with Gasteiger partial charge in [-0.2, -0.15) is 30.6 Å². The monoisotopic (exact) mass is 437 g/mol. The molecule has 152 valence electrons. The minimum atomic E-state index is -4.93. The lowest BCUT2D eigenvalue weighted by molar-refractivity contribution is -0.140. The van der Waals surface area contributed by atoms with Crippen molar-refractivity contribution in [2.24, 2.45) is 0 Å². The van der Waals surface area contributed by atoms with E-state index < -0.39 is 45.8 Å². The van der Waals surface area contributed by atoms with Gasteiger partial charge in [-0.25, -0.2) is 4.39 Å². The zero-order valence-corrected chi connectivity index (χ0v) is 16.0. The number of nitrogens with zero attached hydrogens (tertiary/aromatic N) is 1. The number of hydrogen-bond acceptors (Lipinski definition) is 4. The number of carbonyl (C=O) groups is 1. The van der Waals surface area contributed by atoms with E-state index in [0.29, 0.717) is 17.0 Å². The molecule has 2 heterocycles. The first-order chi connectivity index (χ1) is 13.0. The van der Waals surface area contributed by atoms with E-state index in [9.17, 15) is 30.8 Å². The Balaban J connectivity index is 1.85. The van der Waals surface area contributed by atoms with Gasteiger partial charge in [0.1, 0.15) is 11.9 Å². The van der Waals surface area contributed by atoms with E-state index in [4.69, 9.17) is 0 Å². The van der Waals surface area contributed by atoms with Crippen LogP contribution in [-0.2, 0) is 21.2 Å². The van der Waals surface area contributed by atoms with Crippen molar-refractivity contribution >= 4 is 33.1 Å². The van der Waals surface area contributed by atoms with Crippen molar-refractivity contribution in [1.29, 1.82) is 0 Å². The summed E-state index contributed by atoms with van der Waals surface area (Å²) in [4.78, 5) is 13.3. The number of halogens is 4. The lowest BCUT2D eigenvalue weighted by Crippen LogP contribution is -2.55. The number of alkyl halides is 3. The Bertz CT molecular complexity index is 978. The summed E-state index contributed by atoms with van der Waals surface area (Å²) >= 11 is 1.31. The molecule has 1 fully saturated rings. The number of likely N-dealkylation sites (N-methyl/N-ethyl adjacent to an activating group) is 1. The average Bonchev–Trinajstić information content (AvgIpc) is 3.12. The number of thiophene rings is 1. The highest BCUT2D eigenvalue weighted by atomic mass is 32.2. The molecule has 1 aliphatic heterocycles. The van der Waals surface area contributed by atoms with Gasteiger partial charge in [0.05, 0.1) is 11.6 Å². The van der Waals surface area contributed by atoms with Crippen LogP contribution in [0.2, 0.25) is 0 Å². The number of amides is 1. The maximum absolute atomic E-state index is 13.4. The van der Waals surface area contributed by atoms with Crippen LogP contribution in [0, 0.1) is 5.82 Å². The Hall–Kier alpha value is -2.02. The van der Waals surface area contributed by atoms with Crippen LogP contribution >= 0.6 is 11.3 Å². The van der Waals surface area contributed by atoms with E-state index in [1.54, 1.807) is 17.5 Å². The van der Waals surface area contributed by atoms with Gasteiger partial charge in [-0.05, 0) is 36.1 Å². The molecule has 0 bridgehead atoms. The second kappa shape index (κ2) is 7.43. The van der Waals surface area contributed by atoms with Gasteiger partial charge >= 0.3 is 6.18 Å². The molecule has 2 unspecified atom stereocenters. The number of rotatable bonds is 3. The maximum atomic E-state index is 13.4. The zero-order valence-electron chi connectivity index (χ0n) is 14.3. The van der Waals surface area contributed by atoms with Crippen molar-refractivity contribution in [2.75, 3.05) is 12.4 Å². The van der Waals surface area contributed by atoms with Gasteiger partial charge in [0.25, 0.3) is 10.2 Å². The normalized spacial score (nSPS) is 22.8. The number of hydrogen-bond donors (Lipinski definition) is 2. The first kappa shape index (κ1) is 20.7. The summed E-state index contributed by atoms with van der Waals surface area (Å²) in [5, 5.41) is 4.01. The van der Waals surface area contributed by atoms with Gasteiger partial charge in [-0.3, -0.25) is 4.79 Å². The molecule has 0 spiro atoms. The SMILES string of the molecule is CN1C(C(=O)Nc2ccc(F)c(C(F)(F)F)c2)CC(c2cccs2)NS1(=O)=O. The highest BCUT2D eigenvalue weighted by Crippen LogP contribution is 2.34. The third-order valence-electron chi connectivity index (χ3n) is 4.30. The minimum absolute atomic E-state index is 0.0788. The quantitative estimate of drug-likeness (QED) is 0.725. The Morgan fingerprint density at radius 3 is 2.64 bits per heavy atom. The first-order valence-corrected chi connectivity index (χ1v) is 10.3. The van der Waals surface area contributed by atoms with Crippen molar-refractivity contribution in [3.8, 4) is 0 Å². The van der Waals surface area contributed by atoms with Crippen molar-refractivity contribution in [3.05, 3.63) is 52.0 Å². The van der Waals surface area contributed by atoms with E-state index in [1.807, 2.05) is 0 Å². The van der Waals surface area contributed by atoms with E-state index >= 15 is 0 Å². The lowest BCUT2D eigenvalue weighted by Gasteiger charge is -2.35. The Labute approximate surface area is 162 Å². The minimum Gasteiger partial charge on any atom is -0.325 e. The number of anilines is 1. The topological polar surface area (TPSA) is 78.5 Å². The van der Waals surface area contributed by atoms with Crippen molar-refractivity contribution in [3.63, 3.8) is 0 Å². The average molecular weight is 437 g/mol. The highest BCUT2D eigenvalue weighted by molar-refractivity contribution is 7.87. The first-order valence-electron chi connectivity index (χ1n) is 7.95. The van der Waals surface area contributed by atoms with Gasteiger partial charge in [0, 0.05) is 17.6 Å². The standard InChI is InChI=1S/C16H15F4N3O3S2/c1-23-13(8-12(22-28(23,25)26)14-3-2-6-27-14)15(24)21-9-4-5-11(17)10(7-9)16(18,19)20/h2-7,12-13,22H,8H2,1H3,(H,21,24). The molecule has 2 atom stereocenters. The smallest absolute Gasteiger partial charge is 0.325 e. The third-order valence-corrected chi connectivity index (χ3v) is 6.88. The Morgan fingerprint density at radius 1 is 1.32 bits per heavy atom. The third kappa shape index (κ3) is 4.19. The Kier molecular flexibility index (Phi) is 5.49. The Morgan fingerprint density at radius 2 is 2.04 bits per heavy atom. The van der Waals surface area contributed by atoms with Crippen LogP contribution in [0.4, 0.5) is 23.2 Å². The molecular weight excluding hydrogens is 422 g/mol. The second-order valence-electron chi connectivity index (χ2n) is 6.14. The molecule has 3 rings (SSSR count). The van der Waals surface area contributed by atoms with Crippen molar-refractivity contribution in [1.82, 2.24) is 9.03 Å². The molecule has 6 nitrogen and oxygen atoms in total. The summed E-state index contributed by atoms with van der Waals surface area (Å²) in [6.07, 6.45) is -4.85. The molecule has 0 aliphatic carbocycles. The molecule has 1 amide bonds. The molecule has 1 aliphatic rings. The van der Waals surface area contributed by atoms with Gasteiger partial charge in [0.2, 0.25) is 5.91 Å². The molecule has 2 N–H and O–H groups in total. The van der Waals surface area contributed by atoms with Crippen LogP contribution in [0.1, 0.15) is 22.9 Å². The number of benzene rings is 1. The van der Waals surface area contributed by atoms with Crippen LogP contribution in [0.25, 0.3) is 0 Å². The van der Waals surface area contributed by atoms with E-state index in [-0.39, 0.29) is 12.1 Å². The fraction of sp³-hybridized carbons (Fsp3) is 0.312. The second-order valence-corrected chi connectivity index (χ2v) is 8.88. The summed E-state index contributed by atoms with van der Waals surface area (Å²) in [5.74, 6) is -2.28. The van der Waals surface area contributed by atoms with E-state index in [0.717, 1.165) is 10.4 Å². The lowest BCUT2D eigenvalue weighted by atomic mass is 10.1. The van der Waals surface area contributed by atoms with Crippen molar-refractivity contribution in [2.45, 2.75) is 24.7 Å². The van der Waals surface area contributed by atoms with Gasteiger partial charge in [-0.1, -0.05) is 6.07 Å². The fourth-order valence-electron chi connectivity index (χ4n) is 2.83. The largest absolute Gasteiger partial charge is 0.419 e. The highest BCUT2D eigenvalue weighted by Gasteiger charge is 2.41. The molecule has 28 heavy (non-hydrogen) atoms. The summed E-state index contributed by atoms with van der Waals surface area (Å²) < 4.78 is 79.9. The van der Waals surface area contributed by atoms with Crippen LogP contribution in [0.3, 0.4) is 0 Å². The maximum Gasteiger partial charge on any atom is 0.419 e. The molecule has 1 aromatic carbocycles. The van der Waals surface area contributed by atoms with Gasteiger partial charge < -0.3 is 5.32 Å². The summed E-state index contributed by atoms with van der Waals surface area (Å²) in [5.41, 5.74) is -1.80. The molecule has 1 saturated heterocycles. The van der Waals surface area contributed by atoms with E-state index in [1.165, 1.54) is 18.4 Å².